The van der Waals surface area contributed by atoms with Crippen LogP contribution in [0.1, 0.15) is 11.3 Å². The molecule has 4 heterocycles. The molecule has 6 heteroatoms. The van der Waals surface area contributed by atoms with Gasteiger partial charge in [-0.2, -0.15) is 5.10 Å². The molecule has 0 saturated carbocycles. The van der Waals surface area contributed by atoms with Crippen molar-refractivity contribution < 1.29 is 0 Å². The summed E-state index contributed by atoms with van der Waals surface area (Å²) in [5, 5.41) is 14.2. The van der Waals surface area contributed by atoms with E-state index in [2.05, 4.69) is 166 Å². The average molecular weight is 653 g/mol. The lowest BCUT2D eigenvalue weighted by molar-refractivity contribution is 0.925. The highest BCUT2D eigenvalue weighted by atomic mass is 15.2. The van der Waals surface area contributed by atoms with E-state index in [-0.39, 0.29) is 0 Å². The molecule has 1 aliphatic rings. The van der Waals surface area contributed by atoms with E-state index < -0.39 is 0 Å². The normalized spacial score (nSPS) is 12.2. The van der Waals surface area contributed by atoms with Crippen LogP contribution in [0.2, 0.25) is 0 Å². The number of pyridine rings is 1. The van der Waals surface area contributed by atoms with Crippen molar-refractivity contribution in [1.29, 1.82) is 0 Å². The van der Waals surface area contributed by atoms with Crippen LogP contribution in [0.4, 0.5) is 0 Å². The van der Waals surface area contributed by atoms with Crippen LogP contribution in [0.25, 0.3) is 88.9 Å². The molecule has 0 unspecified atom stereocenters. The maximum atomic E-state index is 5.18. The van der Waals surface area contributed by atoms with E-state index in [1.165, 1.54) is 32.6 Å². The predicted molar refractivity (Wildman–Crippen MR) is 205 cm³/mol. The molecule has 1 aliphatic carbocycles. The summed E-state index contributed by atoms with van der Waals surface area (Å²) in [4.78, 5) is 10.1. The van der Waals surface area contributed by atoms with Crippen molar-refractivity contribution in [2.24, 2.45) is 0 Å². The zero-order chi connectivity index (χ0) is 33.5. The lowest BCUT2D eigenvalue weighted by atomic mass is 10.0. The van der Waals surface area contributed by atoms with Crippen molar-refractivity contribution in [3.05, 3.63) is 169 Å². The molecular formula is C45H28N6. The van der Waals surface area contributed by atoms with E-state index >= 15 is 0 Å². The second-order valence-corrected chi connectivity index (χ2v) is 13.2. The third kappa shape index (κ3) is 4.23. The molecule has 0 bridgehead atoms. The molecule has 6 aromatic carbocycles. The number of para-hydroxylation sites is 4. The second-order valence-electron chi connectivity index (χ2n) is 13.2. The first-order valence-electron chi connectivity index (χ1n) is 17.2. The van der Waals surface area contributed by atoms with Crippen molar-refractivity contribution in [3.8, 4) is 45.3 Å². The Morgan fingerprint density at radius 1 is 0.471 bits per heavy atom. The van der Waals surface area contributed by atoms with E-state index in [0.717, 1.165) is 61.7 Å². The van der Waals surface area contributed by atoms with Crippen LogP contribution in [0, 0.1) is 0 Å². The SMILES string of the molecule is c1ccc(-n2c3ccccc3c3ccc(-c4cc5c(cn4)Cc4nnc(-c6ccc7c8ccccc8n(-c8ccccc8)c7c6)nc4-5)cc32)cc1. The number of aromatic nitrogens is 6. The molecule has 51 heavy (non-hydrogen) atoms. The van der Waals surface area contributed by atoms with E-state index in [1.807, 2.05) is 6.20 Å². The minimum atomic E-state index is 0.612. The van der Waals surface area contributed by atoms with E-state index in [9.17, 15) is 0 Å². The molecule has 0 aliphatic heterocycles. The minimum Gasteiger partial charge on any atom is -0.309 e. The van der Waals surface area contributed by atoms with Crippen LogP contribution in [0.3, 0.4) is 0 Å². The summed E-state index contributed by atoms with van der Waals surface area (Å²) in [6, 6.07) is 53.5. The van der Waals surface area contributed by atoms with Crippen LogP contribution in [0.5, 0.6) is 0 Å². The average Bonchev–Trinajstić information content (AvgIpc) is 3.85. The number of hydrogen-bond acceptors (Lipinski definition) is 4. The summed E-state index contributed by atoms with van der Waals surface area (Å²) in [5.41, 5.74) is 13.7. The standard InChI is InChI=1S/C45H28N6/c1-3-11-31(12-4-1)50-40-17-9-7-15-33(40)35-21-19-28(24-42(35)50)38-26-37-30(27-46-38)23-39-44(37)47-45(49-48-39)29-20-22-36-34-16-8-10-18-41(34)51(43(36)25-29)32-13-5-2-6-14-32/h1-22,24-27H,23H2. The first-order valence-corrected chi connectivity index (χ1v) is 17.2. The molecule has 0 fully saturated rings. The van der Waals surface area contributed by atoms with Crippen LogP contribution in [-0.4, -0.2) is 29.3 Å². The molecule has 0 saturated heterocycles. The molecule has 11 rings (SSSR count). The summed E-state index contributed by atoms with van der Waals surface area (Å²) >= 11 is 0. The number of fused-ring (bicyclic) bond motifs is 9. The molecule has 0 amide bonds. The highest BCUT2D eigenvalue weighted by Gasteiger charge is 2.25. The summed E-state index contributed by atoms with van der Waals surface area (Å²) in [6.07, 6.45) is 2.65. The zero-order valence-corrected chi connectivity index (χ0v) is 27.4. The Balaban J connectivity index is 1.03. The highest BCUT2D eigenvalue weighted by Crippen LogP contribution is 2.40. The van der Waals surface area contributed by atoms with Gasteiger partial charge >= 0.3 is 0 Å². The monoisotopic (exact) mass is 652 g/mol. The fourth-order valence-corrected chi connectivity index (χ4v) is 7.94. The Hall–Kier alpha value is -6.92. The molecular weight excluding hydrogens is 625 g/mol. The van der Waals surface area contributed by atoms with E-state index in [1.54, 1.807) is 0 Å². The fourth-order valence-electron chi connectivity index (χ4n) is 7.94. The van der Waals surface area contributed by atoms with Crippen LogP contribution in [0.15, 0.2) is 158 Å². The van der Waals surface area contributed by atoms with Gasteiger partial charge in [0.1, 0.15) is 0 Å². The molecule has 6 nitrogen and oxygen atoms in total. The largest absolute Gasteiger partial charge is 0.309 e. The second kappa shape index (κ2) is 10.8. The molecule has 4 aromatic heterocycles. The topological polar surface area (TPSA) is 61.4 Å². The van der Waals surface area contributed by atoms with Gasteiger partial charge in [-0.15, -0.1) is 5.10 Å². The molecule has 0 radical (unpaired) electrons. The zero-order valence-electron chi connectivity index (χ0n) is 27.4. The van der Waals surface area contributed by atoms with Crippen molar-refractivity contribution in [2.75, 3.05) is 0 Å². The Bertz CT molecular complexity index is 2790. The van der Waals surface area contributed by atoms with Gasteiger partial charge < -0.3 is 9.13 Å². The Labute approximate surface area is 292 Å². The Kier molecular flexibility index (Phi) is 5.92. The van der Waals surface area contributed by atoms with Crippen LogP contribution in [-0.2, 0) is 6.42 Å². The Morgan fingerprint density at radius 3 is 1.67 bits per heavy atom. The van der Waals surface area contributed by atoms with Gasteiger partial charge in [0.2, 0.25) is 0 Å². The summed E-state index contributed by atoms with van der Waals surface area (Å²) in [5.74, 6) is 0.612. The minimum absolute atomic E-state index is 0.612. The summed E-state index contributed by atoms with van der Waals surface area (Å²) < 4.78 is 4.66. The fraction of sp³-hybridized carbons (Fsp3) is 0.0222. The van der Waals surface area contributed by atoms with Gasteiger partial charge in [0.25, 0.3) is 0 Å². The van der Waals surface area contributed by atoms with Crippen molar-refractivity contribution in [3.63, 3.8) is 0 Å². The van der Waals surface area contributed by atoms with Crippen LogP contribution >= 0.6 is 0 Å². The van der Waals surface area contributed by atoms with Gasteiger partial charge in [-0.05, 0) is 60.2 Å². The number of benzene rings is 6. The van der Waals surface area contributed by atoms with E-state index in [0.29, 0.717) is 12.2 Å². The smallest absolute Gasteiger partial charge is 0.182 e. The summed E-state index contributed by atoms with van der Waals surface area (Å²) in [7, 11) is 0. The molecule has 10 aromatic rings. The molecule has 238 valence electrons. The molecule has 0 N–H and O–H groups in total. The lowest BCUT2D eigenvalue weighted by Gasteiger charge is -2.10. The van der Waals surface area contributed by atoms with E-state index in [4.69, 9.17) is 15.1 Å². The lowest BCUT2D eigenvalue weighted by Crippen LogP contribution is -1.99. The third-order valence-electron chi connectivity index (χ3n) is 10.3. The maximum Gasteiger partial charge on any atom is 0.182 e. The maximum absolute atomic E-state index is 5.18. The third-order valence-corrected chi connectivity index (χ3v) is 10.3. The van der Waals surface area contributed by atoms with Gasteiger partial charge in [-0.25, -0.2) is 4.98 Å². The van der Waals surface area contributed by atoms with Crippen LogP contribution < -0.4 is 0 Å². The predicted octanol–water partition coefficient (Wildman–Crippen LogP) is 10.4. The number of hydrogen-bond donors (Lipinski definition) is 0. The first kappa shape index (κ1) is 28.0. The van der Waals surface area contributed by atoms with Gasteiger partial charge in [-0.3, -0.25) is 4.98 Å². The number of nitrogens with zero attached hydrogens (tertiary/aromatic N) is 6. The van der Waals surface area contributed by atoms with Gasteiger partial charge in [-0.1, -0.05) is 97.1 Å². The molecule has 0 spiro atoms. The molecule has 0 atom stereocenters. The number of rotatable bonds is 4. The Morgan fingerprint density at radius 2 is 1.02 bits per heavy atom. The van der Waals surface area contributed by atoms with Crippen molar-refractivity contribution >= 4 is 43.6 Å². The van der Waals surface area contributed by atoms with Crippen molar-refractivity contribution in [1.82, 2.24) is 29.3 Å². The van der Waals surface area contributed by atoms with Gasteiger partial charge in [0.15, 0.2) is 5.82 Å². The van der Waals surface area contributed by atoms with Gasteiger partial charge in [0, 0.05) is 62.2 Å². The quantitative estimate of drug-likeness (QED) is 0.190. The van der Waals surface area contributed by atoms with Crippen molar-refractivity contribution in [2.45, 2.75) is 6.42 Å². The summed E-state index contributed by atoms with van der Waals surface area (Å²) in [6.45, 7) is 0. The van der Waals surface area contributed by atoms with Gasteiger partial charge in [0.05, 0.1) is 39.1 Å². The highest BCUT2D eigenvalue weighted by molar-refractivity contribution is 6.11. The first-order chi connectivity index (χ1) is 25.3.